The molecule has 10 nitrogen and oxygen atoms in total. The predicted octanol–water partition coefficient (Wildman–Crippen LogP) is 3.10. The number of hydrogen-bond donors (Lipinski definition) is 2. The summed E-state index contributed by atoms with van der Waals surface area (Å²) in [5.74, 6) is -0.382. The standard InChI is InChI=1S/C21H15ClN6O4/c22-17-8-6-14(10-16(17)21(30)31)18-9-7-15(32-18)11-23-24-19(29)12-28-26-20(25-27-28)13-4-2-1-3-5-13/h1-11H,12H2,(H,24,29)(H,30,31). The Morgan fingerprint density at radius 3 is 2.72 bits per heavy atom. The summed E-state index contributed by atoms with van der Waals surface area (Å²) in [5, 5.41) is 25.1. The van der Waals surface area contributed by atoms with E-state index in [0.29, 0.717) is 22.9 Å². The van der Waals surface area contributed by atoms with Gasteiger partial charge in [-0.15, -0.1) is 10.2 Å². The van der Waals surface area contributed by atoms with E-state index in [4.69, 9.17) is 16.0 Å². The third kappa shape index (κ3) is 4.87. The lowest BCUT2D eigenvalue weighted by Gasteiger charge is -2.02. The first-order chi connectivity index (χ1) is 15.5. The largest absolute Gasteiger partial charge is 0.478 e. The summed E-state index contributed by atoms with van der Waals surface area (Å²) in [6.45, 7) is -0.163. The van der Waals surface area contributed by atoms with Crippen LogP contribution in [0.4, 0.5) is 0 Å². The third-order valence-electron chi connectivity index (χ3n) is 4.26. The lowest BCUT2D eigenvalue weighted by atomic mass is 10.1. The summed E-state index contributed by atoms with van der Waals surface area (Å²) in [6.07, 6.45) is 1.32. The second-order valence-corrected chi connectivity index (χ2v) is 6.91. The van der Waals surface area contributed by atoms with Crippen LogP contribution in [0.2, 0.25) is 5.02 Å². The smallest absolute Gasteiger partial charge is 0.337 e. The van der Waals surface area contributed by atoms with Crippen LogP contribution in [-0.4, -0.2) is 43.4 Å². The Kier molecular flexibility index (Phi) is 6.04. The Labute approximate surface area is 186 Å². The van der Waals surface area contributed by atoms with E-state index < -0.39 is 11.9 Å². The van der Waals surface area contributed by atoms with Gasteiger partial charge < -0.3 is 9.52 Å². The Bertz CT molecular complexity index is 1300. The summed E-state index contributed by atoms with van der Waals surface area (Å²) >= 11 is 5.89. The first-order valence-corrected chi connectivity index (χ1v) is 9.65. The maximum absolute atomic E-state index is 12.1. The van der Waals surface area contributed by atoms with Crippen molar-refractivity contribution in [3.05, 3.63) is 77.0 Å². The van der Waals surface area contributed by atoms with Gasteiger partial charge in [0.05, 0.1) is 16.8 Å². The molecule has 32 heavy (non-hydrogen) atoms. The summed E-state index contributed by atoms with van der Waals surface area (Å²) in [4.78, 5) is 24.5. The number of carboxylic acid groups (broad SMARTS) is 1. The molecule has 0 unspecified atom stereocenters. The number of aromatic carboxylic acids is 1. The normalized spacial score (nSPS) is 11.0. The number of nitrogens with one attached hydrogen (secondary N) is 1. The predicted molar refractivity (Wildman–Crippen MR) is 115 cm³/mol. The number of carbonyl (C=O) groups excluding carboxylic acids is 1. The van der Waals surface area contributed by atoms with E-state index in [9.17, 15) is 14.7 Å². The van der Waals surface area contributed by atoms with E-state index in [0.717, 1.165) is 5.56 Å². The van der Waals surface area contributed by atoms with E-state index >= 15 is 0 Å². The van der Waals surface area contributed by atoms with Crippen molar-refractivity contribution in [2.45, 2.75) is 6.54 Å². The number of hydrazone groups is 1. The molecular weight excluding hydrogens is 436 g/mol. The molecule has 0 bridgehead atoms. The SMILES string of the molecule is O=C(Cn1nnc(-c2ccccc2)n1)NN=Cc1ccc(-c2ccc(Cl)c(C(=O)O)c2)o1. The third-order valence-corrected chi connectivity index (χ3v) is 4.59. The first-order valence-electron chi connectivity index (χ1n) is 9.28. The molecule has 0 spiro atoms. The van der Waals surface area contributed by atoms with Crippen LogP contribution in [0.15, 0.2) is 70.2 Å². The molecule has 2 aromatic heterocycles. The second-order valence-electron chi connectivity index (χ2n) is 6.50. The Balaban J connectivity index is 1.35. The van der Waals surface area contributed by atoms with Crippen molar-refractivity contribution in [2.24, 2.45) is 5.10 Å². The van der Waals surface area contributed by atoms with Crippen molar-refractivity contribution in [3.63, 3.8) is 0 Å². The van der Waals surface area contributed by atoms with Gasteiger partial charge in [0.25, 0.3) is 5.91 Å². The number of carboxylic acids is 1. The van der Waals surface area contributed by atoms with Crippen molar-refractivity contribution in [1.29, 1.82) is 0 Å². The number of hydrogen-bond acceptors (Lipinski definition) is 7. The molecule has 11 heteroatoms. The van der Waals surface area contributed by atoms with E-state index in [2.05, 4.69) is 25.9 Å². The van der Waals surface area contributed by atoms with Gasteiger partial charge in [-0.05, 0) is 35.5 Å². The molecule has 2 N–H and O–H groups in total. The minimum absolute atomic E-state index is 0.0276. The maximum atomic E-state index is 12.1. The zero-order chi connectivity index (χ0) is 22.5. The van der Waals surface area contributed by atoms with Crippen molar-refractivity contribution in [3.8, 4) is 22.7 Å². The van der Waals surface area contributed by atoms with E-state index in [1.165, 1.54) is 23.1 Å². The van der Waals surface area contributed by atoms with Gasteiger partial charge in [-0.2, -0.15) is 9.90 Å². The number of nitrogens with zero attached hydrogens (tertiary/aromatic N) is 5. The molecular formula is C21H15ClN6O4. The molecule has 0 radical (unpaired) electrons. The molecule has 4 rings (SSSR count). The van der Waals surface area contributed by atoms with Gasteiger partial charge in [0.15, 0.2) is 0 Å². The Hall–Kier alpha value is -4.31. The van der Waals surface area contributed by atoms with Gasteiger partial charge in [-0.25, -0.2) is 10.2 Å². The number of rotatable bonds is 7. The first kappa shape index (κ1) is 20.9. The summed E-state index contributed by atoms with van der Waals surface area (Å²) in [6, 6.07) is 17.1. The molecule has 0 fully saturated rings. The van der Waals surface area contributed by atoms with Gasteiger partial charge in [0, 0.05) is 11.1 Å². The van der Waals surface area contributed by atoms with Crippen LogP contribution in [0, 0.1) is 0 Å². The highest BCUT2D eigenvalue weighted by molar-refractivity contribution is 6.33. The number of furan rings is 1. The van der Waals surface area contributed by atoms with Crippen LogP contribution in [0.1, 0.15) is 16.1 Å². The van der Waals surface area contributed by atoms with E-state index in [1.807, 2.05) is 30.3 Å². The molecule has 0 atom stereocenters. The van der Waals surface area contributed by atoms with Gasteiger partial charge in [-0.1, -0.05) is 41.9 Å². The molecule has 2 aromatic carbocycles. The van der Waals surface area contributed by atoms with Gasteiger partial charge in [-0.3, -0.25) is 4.79 Å². The minimum Gasteiger partial charge on any atom is -0.478 e. The van der Waals surface area contributed by atoms with Crippen molar-refractivity contribution >= 4 is 29.7 Å². The van der Waals surface area contributed by atoms with E-state index in [-0.39, 0.29) is 17.1 Å². The van der Waals surface area contributed by atoms with Crippen molar-refractivity contribution in [1.82, 2.24) is 25.6 Å². The average Bonchev–Trinajstić information content (AvgIpc) is 3.44. The maximum Gasteiger partial charge on any atom is 0.337 e. The number of halogens is 1. The van der Waals surface area contributed by atoms with Crippen molar-refractivity contribution in [2.75, 3.05) is 0 Å². The molecule has 0 saturated heterocycles. The zero-order valence-electron chi connectivity index (χ0n) is 16.3. The highest BCUT2D eigenvalue weighted by atomic mass is 35.5. The Morgan fingerprint density at radius 1 is 1.12 bits per heavy atom. The van der Waals surface area contributed by atoms with Crippen LogP contribution in [0.25, 0.3) is 22.7 Å². The number of tetrazole rings is 1. The molecule has 160 valence electrons. The molecule has 4 aromatic rings. The van der Waals surface area contributed by atoms with Crippen LogP contribution in [0.5, 0.6) is 0 Å². The highest BCUT2D eigenvalue weighted by Gasteiger charge is 2.12. The fourth-order valence-corrected chi connectivity index (χ4v) is 2.96. The fourth-order valence-electron chi connectivity index (χ4n) is 2.76. The monoisotopic (exact) mass is 450 g/mol. The van der Waals surface area contributed by atoms with Gasteiger partial charge in [0.1, 0.15) is 18.1 Å². The molecule has 0 aliphatic rings. The molecule has 0 aliphatic heterocycles. The fraction of sp³-hybridized carbons (Fsp3) is 0.0476. The number of benzene rings is 2. The van der Waals surface area contributed by atoms with Crippen LogP contribution < -0.4 is 5.43 Å². The average molecular weight is 451 g/mol. The van der Waals surface area contributed by atoms with Gasteiger partial charge >= 0.3 is 5.97 Å². The van der Waals surface area contributed by atoms with Crippen molar-refractivity contribution < 1.29 is 19.1 Å². The summed E-state index contributed by atoms with van der Waals surface area (Å²) in [7, 11) is 0. The summed E-state index contributed by atoms with van der Waals surface area (Å²) < 4.78 is 5.62. The lowest BCUT2D eigenvalue weighted by molar-refractivity contribution is -0.122. The zero-order valence-corrected chi connectivity index (χ0v) is 17.1. The van der Waals surface area contributed by atoms with Crippen LogP contribution >= 0.6 is 11.6 Å². The molecule has 0 aliphatic carbocycles. The second kappa shape index (κ2) is 9.23. The number of carbonyl (C=O) groups is 2. The minimum atomic E-state index is -1.13. The van der Waals surface area contributed by atoms with Gasteiger partial charge in [0.2, 0.25) is 5.82 Å². The van der Waals surface area contributed by atoms with Crippen LogP contribution in [0.3, 0.4) is 0 Å². The van der Waals surface area contributed by atoms with Crippen LogP contribution in [-0.2, 0) is 11.3 Å². The molecule has 1 amide bonds. The van der Waals surface area contributed by atoms with E-state index in [1.54, 1.807) is 18.2 Å². The summed E-state index contributed by atoms with van der Waals surface area (Å²) in [5.41, 5.74) is 3.67. The quantitative estimate of drug-likeness (QED) is 0.326. The number of aromatic nitrogens is 4. The number of amides is 1. The topological polar surface area (TPSA) is 136 Å². The lowest BCUT2D eigenvalue weighted by Crippen LogP contribution is -2.24. The molecule has 2 heterocycles. The molecule has 0 saturated carbocycles. The highest BCUT2D eigenvalue weighted by Crippen LogP contribution is 2.26. The Morgan fingerprint density at radius 2 is 1.94 bits per heavy atom.